The van der Waals surface area contributed by atoms with E-state index in [4.69, 9.17) is 5.73 Å². The Morgan fingerprint density at radius 2 is 1.55 bits per heavy atom. The van der Waals surface area contributed by atoms with Crippen LogP contribution in [0.5, 0.6) is 0 Å². The fourth-order valence-electron chi connectivity index (χ4n) is 2.95. The SMILES string of the molecule is CCC(C)C(NC(=O)C(CS)NC(=O)C(N)C(C)O)C(=O)NC(Cc1ccccc1)C(=O)O. The van der Waals surface area contributed by atoms with Crippen LogP contribution in [0.1, 0.15) is 32.8 Å². The summed E-state index contributed by atoms with van der Waals surface area (Å²) >= 11 is 4.08. The monoisotopic (exact) mass is 482 g/mol. The fraction of sp³-hybridized carbons (Fsp3) is 0.545. The average molecular weight is 483 g/mol. The van der Waals surface area contributed by atoms with E-state index in [2.05, 4.69) is 28.6 Å². The van der Waals surface area contributed by atoms with Gasteiger partial charge in [-0.15, -0.1) is 0 Å². The number of aliphatic hydroxyl groups excluding tert-OH is 1. The molecule has 0 heterocycles. The van der Waals surface area contributed by atoms with Crippen LogP contribution in [0.3, 0.4) is 0 Å². The van der Waals surface area contributed by atoms with E-state index < -0.39 is 54.0 Å². The lowest BCUT2D eigenvalue weighted by Gasteiger charge is -2.28. The number of amides is 3. The maximum absolute atomic E-state index is 13.0. The Kier molecular flexibility index (Phi) is 11.9. The third-order valence-electron chi connectivity index (χ3n) is 5.33. The van der Waals surface area contributed by atoms with Gasteiger partial charge in [0.1, 0.15) is 24.2 Å². The minimum Gasteiger partial charge on any atom is -0.480 e. The van der Waals surface area contributed by atoms with Gasteiger partial charge in [-0.2, -0.15) is 12.6 Å². The van der Waals surface area contributed by atoms with Crippen molar-refractivity contribution in [2.45, 2.75) is 63.9 Å². The van der Waals surface area contributed by atoms with Gasteiger partial charge >= 0.3 is 5.97 Å². The quantitative estimate of drug-likeness (QED) is 0.185. The zero-order valence-electron chi connectivity index (χ0n) is 19.0. The Morgan fingerprint density at radius 3 is 2.03 bits per heavy atom. The molecule has 0 fully saturated rings. The molecule has 0 aliphatic rings. The van der Waals surface area contributed by atoms with Crippen molar-refractivity contribution in [3.05, 3.63) is 35.9 Å². The van der Waals surface area contributed by atoms with Crippen LogP contribution in [0, 0.1) is 5.92 Å². The molecular weight excluding hydrogens is 448 g/mol. The molecule has 0 bridgehead atoms. The molecule has 6 unspecified atom stereocenters. The van der Waals surface area contributed by atoms with Crippen molar-refractivity contribution in [2.75, 3.05) is 5.75 Å². The average Bonchev–Trinajstić information content (AvgIpc) is 2.79. The number of hydrogen-bond acceptors (Lipinski definition) is 7. The van der Waals surface area contributed by atoms with Gasteiger partial charge in [0.05, 0.1) is 6.10 Å². The molecule has 0 saturated carbocycles. The number of carboxylic acids is 1. The van der Waals surface area contributed by atoms with Crippen LogP contribution < -0.4 is 21.7 Å². The van der Waals surface area contributed by atoms with E-state index in [0.717, 1.165) is 5.56 Å². The van der Waals surface area contributed by atoms with Crippen LogP contribution in [0.4, 0.5) is 0 Å². The second-order valence-electron chi connectivity index (χ2n) is 7.97. The number of hydrogen-bond donors (Lipinski definition) is 7. The Morgan fingerprint density at radius 1 is 0.970 bits per heavy atom. The zero-order chi connectivity index (χ0) is 25.1. The molecule has 3 amide bonds. The molecule has 1 aromatic carbocycles. The van der Waals surface area contributed by atoms with Gasteiger partial charge in [0.25, 0.3) is 0 Å². The third kappa shape index (κ3) is 9.03. The highest BCUT2D eigenvalue weighted by atomic mass is 32.1. The van der Waals surface area contributed by atoms with Gasteiger partial charge in [0.2, 0.25) is 17.7 Å². The van der Waals surface area contributed by atoms with Crippen LogP contribution in [-0.4, -0.2) is 69.9 Å². The smallest absolute Gasteiger partial charge is 0.326 e. The number of nitrogens with two attached hydrogens (primary N) is 1. The molecule has 0 spiro atoms. The summed E-state index contributed by atoms with van der Waals surface area (Å²) < 4.78 is 0. The van der Waals surface area contributed by atoms with Crippen molar-refractivity contribution in [2.24, 2.45) is 11.7 Å². The Balaban J connectivity index is 2.94. The summed E-state index contributed by atoms with van der Waals surface area (Å²) in [6.07, 6.45) is -0.514. The lowest BCUT2D eigenvalue weighted by Crippen LogP contribution is -2.60. The highest BCUT2D eigenvalue weighted by Gasteiger charge is 2.32. The first-order valence-corrected chi connectivity index (χ1v) is 11.4. The van der Waals surface area contributed by atoms with Crippen molar-refractivity contribution >= 4 is 36.3 Å². The molecule has 6 atom stereocenters. The van der Waals surface area contributed by atoms with Crippen LogP contribution in [0.25, 0.3) is 0 Å². The van der Waals surface area contributed by atoms with Crippen LogP contribution in [0.15, 0.2) is 30.3 Å². The minimum absolute atomic E-state index is 0.0787. The molecule has 1 rings (SSSR count). The predicted octanol–water partition coefficient (Wildman–Crippen LogP) is -0.548. The Labute approximate surface area is 199 Å². The van der Waals surface area contributed by atoms with E-state index in [-0.39, 0.29) is 18.1 Å². The number of carbonyl (C=O) groups is 4. The van der Waals surface area contributed by atoms with Gasteiger partial charge in [-0.3, -0.25) is 14.4 Å². The van der Waals surface area contributed by atoms with E-state index in [9.17, 15) is 29.4 Å². The van der Waals surface area contributed by atoms with E-state index in [1.807, 2.05) is 6.92 Å². The highest BCUT2D eigenvalue weighted by molar-refractivity contribution is 7.80. The van der Waals surface area contributed by atoms with Gasteiger partial charge in [-0.05, 0) is 18.4 Å². The van der Waals surface area contributed by atoms with Crippen molar-refractivity contribution in [1.82, 2.24) is 16.0 Å². The standard InChI is InChI=1S/C22H34N4O6S/c1-4-12(2)18(26-19(28)16(11-33)25-20(29)17(23)13(3)27)21(30)24-15(22(31)32)10-14-8-6-5-7-9-14/h5-9,12-13,15-18,27,33H,4,10-11,23H2,1-3H3,(H,24,30)(H,25,29)(H,26,28)(H,31,32). The second-order valence-corrected chi connectivity index (χ2v) is 8.34. The van der Waals surface area contributed by atoms with Crippen LogP contribution in [0.2, 0.25) is 0 Å². The molecule has 0 aliphatic heterocycles. The van der Waals surface area contributed by atoms with E-state index in [1.165, 1.54) is 6.92 Å². The molecule has 1 aromatic rings. The Bertz CT molecular complexity index is 807. The van der Waals surface area contributed by atoms with E-state index in [1.54, 1.807) is 37.3 Å². The molecule has 33 heavy (non-hydrogen) atoms. The second kappa shape index (κ2) is 13.8. The van der Waals surface area contributed by atoms with Crippen molar-refractivity contribution in [3.63, 3.8) is 0 Å². The normalized spacial score (nSPS) is 16.4. The summed E-state index contributed by atoms with van der Waals surface area (Å²) in [6.45, 7) is 4.92. The van der Waals surface area contributed by atoms with Gasteiger partial charge in [-0.1, -0.05) is 50.6 Å². The first-order valence-electron chi connectivity index (χ1n) is 10.7. The third-order valence-corrected chi connectivity index (χ3v) is 5.69. The van der Waals surface area contributed by atoms with Crippen LogP contribution in [-0.2, 0) is 25.6 Å². The number of thiol groups is 1. The van der Waals surface area contributed by atoms with Crippen molar-refractivity contribution in [3.8, 4) is 0 Å². The number of aliphatic carboxylic acids is 1. The van der Waals surface area contributed by atoms with Gasteiger partial charge in [0, 0.05) is 12.2 Å². The van der Waals surface area contributed by atoms with Gasteiger partial charge in [-0.25, -0.2) is 4.79 Å². The van der Waals surface area contributed by atoms with Gasteiger partial charge < -0.3 is 31.9 Å². The highest BCUT2D eigenvalue weighted by Crippen LogP contribution is 2.11. The van der Waals surface area contributed by atoms with Crippen molar-refractivity contribution in [1.29, 1.82) is 0 Å². The molecule has 184 valence electrons. The minimum atomic E-state index is -1.23. The van der Waals surface area contributed by atoms with Crippen molar-refractivity contribution < 1.29 is 29.4 Å². The maximum atomic E-state index is 13.0. The number of nitrogens with one attached hydrogen (secondary N) is 3. The summed E-state index contributed by atoms with van der Waals surface area (Å²) in [5.41, 5.74) is 6.33. The molecule has 0 saturated heterocycles. The lowest BCUT2D eigenvalue weighted by atomic mass is 9.97. The summed E-state index contributed by atoms with van der Waals surface area (Å²) in [5, 5.41) is 26.5. The first-order chi connectivity index (χ1) is 15.5. The number of carboxylic acid groups (broad SMARTS) is 1. The molecule has 11 heteroatoms. The lowest BCUT2D eigenvalue weighted by molar-refractivity contribution is -0.142. The predicted molar refractivity (Wildman–Crippen MR) is 127 cm³/mol. The molecule has 0 aliphatic carbocycles. The number of carbonyl (C=O) groups excluding carboxylic acids is 3. The van der Waals surface area contributed by atoms with Gasteiger partial charge in [0.15, 0.2) is 0 Å². The maximum Gasteiger partial charge on any atom is 0.326 e. The number of benzene rings is 1. The fourth-order valence-corrected chi connectivity index (χ4v) is 3.21. The summed E-state index contributed by atoms with van der Waals surface area (Å²) in [4.78, 5) is 49.6. The summed E-state index contributed by atoms with van der Waals surface area (Å²) in [7, 11) is 0. The molecule has 0 aromatic heterocycles. The Hall–Kier alpha value is -2.63. The summed E-state index contributed by atoms with van der Waals surface area (Å²) in [5.74, 6) is -3.66. The largest absolute Gasteiger partial charge is 0.480 e. The number of aliphatic hydroxyl groups is 1. The molecule has 0 radical (unpaired) electrons. The first kappa shape index (κ1) is 28.4. The van der Waals surface area contributed by atoms with E-state index >= 15 is 0 Å². The zero-order valence-corrected chi connectivity index (χ0v) is 19.9. The van der Waals surface area contributed by atoms with E-state index in [0.29, 0.717) is 6.42 Å². The molecule has 7 N–H and O–H groups in total. The summed E-state index contributed by atoms with van der Waals surface area (Å²) in [6, 6.07) is 4.30. The molecule has 10 nitrogen and oxygen atoms in total. The number of rotatable bonds is 13. The topological polar surface area (TPSA) is 171 Å². The molecular formula is C22H34N4O6S. The van der Waals surface area contributed by atoms with Crippen LogP contribution >= 0.6 is 12.6 Å².